The summed E-state index contributed by atoms with van der Waals surface area (Å²) in [6.07, 6.45) is 3.58. The van der Waals surface area contributed by atoms with Gasteiger partial charge in [0.05, 0.1) is 12.2 Å². The van der Waals surface area contributed by atoms with Gasteiger partial charge in [0.25, 0.3) is 0 Å². The lowest BCUT2D eigenvalue weighted by Gasteiger charge is -2.37. The highest BCUT2D eigenvalue weighted by atomic mass is 16.5. The molecule has 150 valence electrons. The van der Waals surface area contributed by atoms with E-state index in [-0.39, 0.29) is 5.75 Å². The number of para-hydroxylation sites is 1. The van der Waals surface area contributed by atoms with Gasteiger partial charge in [0.15, 0.2) is 5.82 Å². The lowest BCUT2D eigenvalue weighted by atomic mass is 10.0. The molecule has 1 unspecified atom stereocenters. The maximum atomic E-state index is 10.2. The molecule has 0 amide bonds. The molecular formula is C22H30N4O2. The van der Waals surface area contributed by atoms with E-state index in [1.165, 1.54) is 19.5 Å². The van der Waals surface area contributed by atoms with Crippen molar-refractivity contribution in [1.82, 2.24) is 14.9 Å². The van der Waals surface area contributed by atoms with Gasteiger partial charge in [-0.1, -0.05) is 12.1 Å². The molecule has 0 spiro atoms. The number of ether oxygens (including phenoxy) is 1. The minimum atomic E-state index is 0.220. The molecule has 1 aromatic carbocycles. The van der Waals surface area contributed by atoms with E-state index in [4.69, 9.17) is 9.72 Å². The maximum Gasteiger partial charge on any atom is 0.165 e. The zero-order chi connectivity index (χ0) is 19.5. The van der Waals surface area contributed by atoms with Crippen LogP contribution in [-0.4, -0.2) is 65.9 Å². The van der Waals surface area contributed by atoms with Crippen LogP contribution in [0.5, 0.6) is 5.75 Å². The molecule has 0 bridgehead atoms. The first-order valence-electron chi connectivity index (χ1n) is 10.3. The van der Waals surface area contributed by atoms with Gasteiger partial charge in [-0.2, -0.15) is 0 Å². The number of aryl methyl sites for hydroxylation is 1. The minimum absolute atomic E-state index is 0.220. The lowest BCUT2D eigenvalue weighted by molar-refractivity contribution is 0.142. The molecule has 4 rings (SSSR count). The normalized spacial score (nSPS) is 21.4. The van der Waals surface area contributed by atoms with Crippen molar-refractivity contribution in [1.29, 1.82) is 0 Å². The number of anilines is 1. The number of phenolic OH excluding ortho intramolecular Hbond substituents is 1. The number of likely N-dealkylation sites (tertiary alicyclic amines) is 1. The summed E-state index contributed by atoms with van der Waals surface area (Å²) in [4.78, 5) is 14.3. The maximum absolute atomic E-state index is 10.2. The van der Waals surface area contributed by atoms with Gasteiger partial charge in [-0.05, 0) is 50.8 Å². The van der Waals surface area contributed by atoms with Crippen LogP contribution >= 0.6 is 0 Å². The fourth-order valence-electron chi connectivity index (χ4n) is 4.52. The molecule has 0 saturated carbocycles. The topological polar surface area (TPSA) is 61.7 Å². The largest absolute Gasteiger partial charge is 0.507 e. The van der Waals surface area contributed by atoms with Crippen LogP contribution in [0.1, 0.15) is 25.0 Å². The average molecular weight is 383 g/mol. The van der Waals surface area contributed by atoms with Gasteiger partial charge < -0.3 is 14.7 Å². The zero-order valence-corrected chi connectivity index (χ0v) is 16.8. The Bertz CT molecular complexity index is 805. The summed E-state index contributed by atoms with van der Waals surface area (Å²) in [6.45, 7) is 7.25. The smallest absolute Gasteiger partial charge is 0.165 e. The number of rotatable bonds is 5. The number of benzene rings is 1. The molecule has 1 N–H and O–H groups in total. The molecule has 1 aromatic heterocycles. The highest BCUT2D eigenvalue weighted by Crippen LogP contribution is 2.30. The van der Waals surface area contributed by atoms with Crippen LogP contribution in [0.3, 0.4) is 0 Å². The number of nitrogens with zero attached hydrogens (tertiary/aromatic N) is 4. The molecule has 2 fully saturated rings. The summed E-state index contributed by atoms with van der Waals surface area (Å²) in [5, 5.41) is 10.2. The fraction of sp³-hybridized carbons (Fsp3) is 0.545. The van der Waals surface area contributed by atoms with Crippen LogP contribution in [0.4, 0.5) is 5.82 Å². The van der Waals surface area contributed by atoms with Gasteiger partial charge in [0.2, 0.25) is 0 Å². The van der Waals surface area contributed by atoms with Gasteiger partial charge in [0, 0.05) is 44.5 Å². The van der Waals surface area contributed by atoms with Gasteiger partial charge in [0.1, 0.15) is 11.6 Å². The highest BCUT2D eigenvalue weighted by molar-refractivity contribution is 5.65. The molecule has 0 radical (unpaired) electrons. The second-order valence-electron chi connectivity index (χ2n) is 8.03. The van der Waals surface area contributed by atoms with Crippen molar-refractivity contribution in [3.05, 3.63) is 36.0 Å². The summed E-state index contributed by atoms with van der Waals surface area (Å²) < 4.78 is 5.34. The number of phenols is 1. The number of aromatic nitrogens is 2. The lowest BCUT2D eigenvalue weighted by Crippen LogP contribution is -2.44. The molecule has 2 saturated heterocycles. The molecule has 2 aromatic rings. The summed E-state index contributed by atoms with van der Waals surface area (Å²) >= 11 is 0. The fourth-order valence-corrected chi connectivity index (χ4v) is 4.52. The van der Waals surface area contributed by atoms with Gasteiger partial charge in [-0.3, -0.25) is 4.90 Å². The Kier molecular flexibility index (Phi) is 5.78. The zero-order valence-electron chi connectivity index (χ0n) is 16.8. The van der Waals surface area contributed by atoms with Crippen molar-refractivity contribution in [2.45, 2.75) is 32.2 Å². The van der Waals surface area contributed by atoms with Crippen molar-refractivity contribution in [2.75, 3.05) is 44.8 Å². The van der Waals surface area contributed by atoms with Crippen molar-refractivity contribution in [3.63, 3.8) is 0 Å². The van der Waals surface area contributed by atoms with E-state index in [0.717, 1.165) is 44.0 Å². The molecule has 2 aliphatic heterocycles. The molecule has 3 heterocycles. The highest BCUT2D eigenvalue weighted by Gasteiger charge is 2.31. The Morgan fingerprint density at radius 2 is 1.89 bits per heavy atom. The Morgan fingerprint density at radius 1 is 1.11 bits per heavy atom. The predicted molar refractivity (Wildman–Crippen MR) is 111 cm³/mol. The number of piperidine rings is 1. The molecule has 6 heteroatoms. The van der Waals surface area contributed by atoms with Crippen LogP contribution < -0.4 is 4.90 Å². The van der Waals surface area contributed by atoms with Crippen LogP contribution in [0, 0.1) is 12.8 Å². The number of aromatic hydroxyl groups is 1. The van der Waals surface area contributed by atoms with Crippen LogP contribution in [0.25, 0.3) is 11.4 Å². The van der Waals surface area contributed by atoms with E-state index in [9.17, 15) is 5.11 Å². The first kappa shape index (κ1) is 19.2. The third-order valence-electron chi connectivity index (χ3n) is 6.01. The number of hydrogen-bond donors (Lipinski definition) is 1. The molecule has 28 heavy (non-hydrogen) atoms. The Hall–Kier alpha value is -2.18. The Balaban J connectivity index is 1.43. The monoisotopic (exact) mass is 382 g/mol. The summed E-state index contributed by atoms with van der Waals surface area (Å²) in [6, 6.07) is 9.98. The summed E-state index contributed by atoms with van der Waals surface area (Å²) in [5.74, 6) is 2.46. The van der Waals surface area contributed by atoms with E-state index < -0.39 is 0 Å². The first-order valence-corrected chi connectivity index (χ1v) is 10.3. The van der Waals surface area contributed by atoms with Gasteiger partial charge >= 0.3 is 0 Å². The number of hydrogen-bond acceptors (Lipinski definition) is 6. The average Bonchev–Trinajstić information content (AvgIpc) is 3.17. The minimum Gasteiger partial charge on any atom is -0.507 e. The quantitative estimate of drug-likeness (QED) is 0.857. The summed E-state index contributed by atoms with van der Waals surface area (Å²) in [7, 11) is 1.80. The summed E-state index contributed by atoms with van der Waals surface area (Å²) in [5.41, 5.74) is 1.61. The second kappa shape index (κ2) is 8.45. The molecule has 2 aliphatic rings. The second-order valence-corrected chi connectivity index (χ2v) is 8.03. The SMILES string of the molecule is COCC1CCN(C2CCN(c3cc(C)nc(-c4ccccc4O)n3)CC2)C1. The van der Waals surface area contributed by atoms with E-state index in [1.54, 1.807) is 13.2 Å². The van der Waals surface area contributed by atoms with Crippen molar-refractivity contribution in [3.8, 4) is 17.1 Å². The number of methoxy groups -OCH3 is 1. The first-order chi connectivity index (χ1) is 13.6. The van der Waals surface area contributed by atoms with Crippen LogP contribution in [-0.2, 0) is 4.74 Å². The van der Waals surface area contributed by atoms with E-state index >= 15 is 0 Å². The van der Waals surface area contributed by atoms with Crippen LogP contribution in [0.2, 0.25) is 0 Å². The third kappa shape index (κ3) is 4.13. The van der Waals surface area contributed by atoms with Crippen molar-refractivity contribution >= 4 is 5.82 Å². The Morgan fingerprint density at radius 3 is 2.64 bits per heavy atom. The van der Waals surface area contributed by atoms with Crippen molar-refractivity contribution < 1.29 is 9.84 Å². The van der Waals surface area contributed by atoms with E-state index in [1.807, 2.05) is 31.2 Å². The Labute approximate surface area is 167 Å². The third-order valence-corrected chi connectivity index (χ3v) is 6.01. The van der Waals surface area contributed by atoms with Crippen LogP contribution in [0.15, 0.2) is 30.3 Å². The standard InChI is InChI=1S/C22H30N4O2/c1-16-13-21(24-22(23-16)19-5-3-4-6-20(19)27)25-11-8-18(9-12-25)26-10-7-17(14-26)15-28-2/h3-6,13,17-18,27H,7-12,14-15H2,1-2H3. The molecule has 6 nitrogen and oxygen atoms in total. The molecular weight excluding hydrogens is 352 g/mol. The predicted octanol–water partition coefficient (Wildman–Crippen LogP) is 3.09. The van der Waals surface area contributed by atoms with E-state index in [0.29, 0.717) is 23.3 Å². The molecule has 1 atom stereocenters. The van der Waals surface area contributed by atoms with Gasteiger partial charge in [-0.25, -0.2) is 9.97 Å². The van der Waals surface area contributed by atoms with E-state index in [2.05, 4.69) is 14.8 Å². The van der Waals surface area contributed by atoms with Gasteiger partial charge in [-0.15, -0.1) is 0 Å². The molecule has 0 aliphatic carbocycles. The van der Waals surface area contributed by atoms with Crippen molar-refractivity contribution in [2.24, 2.45) is 5.92 Å².